The minimum absolute atomic E-state index is 0.150. The number of hydrogen-bond donors (Lipinski definition) is 2. The normalized spacial score (nSPS) is 16.4. The van der Waals surface area contributed by atoms with Crippen molar-refractivity contribution in [2.75, 3.05) is 7.05 Å². The summed E-state index contributed by atoms with van der Waals surface area (Å²) in [6.07, 6.45) is 0.514. The molecule has 10 heavy (non-hydrogen) atoms. The molecule has 0 saturated carbocycles. The monoisotopic (exact) mass is 143 g/mol. The molecule has 0 fully saturated rings. The van der Waals surface area contributed by atoms with E-state index in [4.69, 9.17) is 0 Å². The highest BCUT2D eigenvalue weighted by molar-refractivity contribution is 5.01. The number of nitrogens with one attached hydrogen (secondary N) is 1. The van der Waals surface area contributed by atoms with Gasteiger partial charge in [0.25, 0.3) is 0 Å². The van der Waals surface area contributed by atoms with Gasteiger partial charge in [-0.3, -0.25) is 0 Å². The van der Waals surface area contributed by atoms with Crippen molar-refractivity contribution in [2.45, 2.75) is 32.4 Å². The zero-order chi connectivity index (χ0) is 8.15. The summed E-state index contributed by atoms with van der Waals surface area (Å²) in [6, 6.07) is 0.150. The SMILES string of the molecule is C=C(C)[C@@H](O)[C@H](CC)NC. The van der Waals surface area contributed by atoms with Crippen LogP contribution in [0.3, 0.4) is 0 Å². The highest BCUT2D eigenvalue weighted by atomic mass is 16.3. The first-order valence-electron chi connectivity index (χ1n) is 3.64. The second-order valence-electron chi connectivity index (χ2n) is 2.59. The maximum atomic E-state index is 9.42. The lowest BCUT2D eigenvalue weighted by Crippen LogP contribution is -2.37. The Kier molecular flexibility index (Phi) is 4.32. The lowest BCUT2D eigenvalue weighted by molar-refractivity contribution is 0.162. The molecule has 0 unspecified atom stereocenters. The Morgan fingerprint density at radius 1 is 1.70 bits per heavy atom. The van der Waals surface area contributed by atoms with Gasteiger partial charge in [0.1, 0.15) is 0 Å². The second-order valence-corrected chi connectivity index (χ2v) is 2.59. The van der Waals surface area contributed by atoms with Crippen molar-refractivity contribution in [3.8, 4) is 0 Å². The third kappa shape index (κ3) is 2.50. The Bertz CT molecular complexity index is 108. The van der Waals surface area contributed by atoms with Crippen LogP contribution in [0.4, 0.5) is 0 Å². The summed E-state index contributed by atoms with van der Waals surface area (Å²) in [5.74, 6) is 0. The fraction of sp³-hybridized carbons (Fsp3) is 0.750. The second kappa shape index (κ2) is 4.47. The van der Waals surface area contributed by atoms with Gasteiger partial charge in [0.15, 0.2) is 0 Å². The Morgan fingerprint density at radius 3 is 2.30 bits per heavy atom. The van der Waals surface area contributed by atoms with E-state index in [0.29, 0.717) is 0 Å². The molecule has 60 valence electrons. The summed E-state index contributed by atoms with van der Waals surface area (Å²) in [4.78, 5) is 0. The molecule has 0 bridgehead atoms. The molecule has 0 aliphatic rings. The number of aliphatic hydroxyl groups is 1. The van der Waals surface area contributed by atoms with E-state index < -0.39 is 6.10 Å². The zero-order valence-corrected chi connectivity index (χ0v) is 7.02. The van der Waals surface area contributed by atoms with Crippen LogP contribution < -0.4 is 5.32 Å². The predicted octanol–water partition coefficient (Wildman–Crippen LogP) is 0.921. The van der Waals surface area contributed by atoms with Crippen molar-refractivity contribution in [2.24, 2.45) is 0 Å². The van der Waals surface area contributed by atoms with E-state index >= 15 is 0 Å². The molecular formula is C8H17NO. The summed E-state index contributed by atoms with van der Waals surface area (Å²) in [7, 11) is 1.85. The van der Waals surface area contributed by atoms with Gasteiger partial charge in [-0.1, -0.05) is 19.1 Å². The van der Waals surface area contributed by atoms with Crippen LogP contribution in [0.15, 0.2) is 12.2 Å². The fourth-order valence-electron chi connectivity index (χ4n) is 0.929. The van der Waals surface area contributed by atoms with Crippen LogP contribution in [0.25, 0.3) is 0 Å². The van der Waals surface area contributed by atoms with Crippen LogP contribution in [0, 0.1) is 0 Å². The lowest BCUT2D eigenvalue weighted by Gasteiger charge is -2.20. The molecule has 0 saturated heterocycles. The van der Waals surface area contributed by atoms with Crippen LogP contribution in [-0.2, 0) is 0 Å². The van der Waals surface area contributed by atoms with Crippen LogP contribution >= 0.6 is 0 Å². The summed E-state index contributed by atoms with van der Waals surface area (Å²) in [5.41, 5.74) is 0.821. The largest absolute Gasteiger partial charge is 0.387 e. The molecule has 0 aromatic rings. The maximum Gasteiger partial charge on any atom is 0.0897 e. The molecule has 2 heteroatoms. The molecule has 0 heterocycles. The topological polar surface area (TPSA) is 32.3 Å². The van der Waals surface area contributed by atoms with Crippen LogP contribution in [0.1, 0.15) is 20.3 Å². The van der Waals surface area contributed by atoms with Gasteiger partial charge in [0, 0.05) is 6.04 Å². The van der Waals surface area contributed by atoms with Gasteiger partial charge in [0.05, 0.1) is 6.10 Å². The van der Waals surface area contributed by atoms with E-state index in [9.17, 15) is 5.11 Å². The molecule has 2 nitrogen and oxygen atoms in total. The molecule has 0 spiro atoms. The molecule has 0 amide bonds. The van der Waals surface area contributed by atoms with Crippen molar-refractivity contribution in [3.05, 3.63) is 12.2 Å². The smallest absolute Gasteiger partial charge is 0.0897 e. The first kappa shape index (κ1) is 9.66. The minimum Gasteiger partial charge on any atom is -0.387 e. The average Bonchev–Trinajstić information content (AvgIpc) is 1.90. The van der Waals surface area contributed by atoms with Crippen molar-refractivity contribution in [3.63, 3.8) is 0 Å². The molecule has 2 N–H and O–H groups in total. The van der Waals surface area contributed by atoms with Crippen molar-refractivity contribution >= 4 is 0 Å². The van der Waals surface area contributed by atoms with E-state index in [-0.39, 0.29) is 6.04 Å². The van der Waals surface area contributed by atoms with Gasteiger partial charge < -0.3 is 10.4 Å². The van der Waals surface area contributed by atoms with E-state index in [1.807, 2.05) is 20.9 Å². The number of aliphatic hydroxyl groups excluding tert-OH is 1. The quantitative estimate of drug-likeness (QED) is 0.574. The molecule has 0 aliphatic heterocycles. The minimum atomic E-state index is -0.407. The van der Waals surface area contributed by atoms with E-state index in [1.54, 1.807) is 0 Å². The Hall–Kier alpha value is -0.340. The Balaban J connectivity index is 3.88. The molecule has 2 atom stereocenters. The van der Waals surface area contributed by atoms with Crippen molar-refractivity contribution in [1.29, 1.82) is 0 Å². The first-order valence-corrected chi connectivity index (χ1v) is 3.64. The van der Waals surface area contributed by atoms with Gasteiger partial charge >= 0.3 is 0 Å². The number of rotatable bonds is 4. The van der Waals surface area contributed by atoms with Gasteiger partial charge in [-0.05, 0) is 20.4 Å². The summed E-state index contributed by atoms with van der Waals surface area (Å²) in [6.45, 7) is 7.55. The molecule has 0 rings (SSSR count). The van der Waals surface area contributed by atoms with Crippen molar-refractivity contribution < 1.29 is 5.11 Å². The molecular weight excluding hydrogens is 126 g/mol. The first-order chi connectivity index (χ1) is 4.63. The van der Waals surface area contributed by atoms with E-state index in [0.717, 1.165) is 12.0 Å². The number of hydrogen-bond acceptors (Lipinski definition) is 2. The highest BCUT2D eigenvalue weighted by Crippen LogP contribution is 2.05. The average molecular weight is 143 g/mol. The van der Waals surface area contributed by atoms with Crippen LogP contribution in [0.5, 0.6) is 0 Å². The predicted molar refractivity (Wildman–Crippen MR) is 44.0 cm³/mol. The Morgan fingerprint density at radius 2 is 2.20 bits per heavy atom. The van der Waals surface area contributed by atoms with Crippen molar-refractivity contribution in [1.82, 2.24) is 5.32 Å². The third-order valence-corrected chi connectivity index (χ3v) is 1.70. The van der Waals surface area contributed by atoms with Gasteiger partial charge in [0.2, 0.25) is 0 Å². The van der Waals surface area contributed by atoms with E-state index in [1.165, 1.54) is 0 Å². The van der Waals surface area contributed by atoms with Crippen LogP contribution in [-0.4, -0.2) is 24.3 Å². The van der Waals surface area contributed by atoms with Gasteiger partial charge in [-0.2, -0.15) is 0 Å². The van der Waals surface area contributed by atoms with Gasteiger partial charge in [-0.15, -0.1) is 0 Å². The summed E-state index contributed by atoms with van der Waals surface area (Å²) >= 11 is 0. The van der Waals surface area contributed by atoms with Gasteiger partial charge in [-0.25, -0.2) is 0 Å². The standard InChI is InChI=1S/C8H17NO/c1-5-7(9-4)8(10)6(2)3/h7-10H,2,5H2,1,3-4H3/t7-,8+/m0/s1. The fourth-order valence-corrected chi connectivity index (χ4v) is 0.929. The van der Waals surface area contributed by atoms with Crippen LogP contribution in [0.2, 0.25) is 0 Å². The molecule has 0 radical (unpaired) electrons. The van der Waals surface area contributed by atoms with E-state index in [2.05, 4.69) is 11.9 Å². The maximum absolute atomic E-state index is 9.42. The number of likely N-dealkylation sites (N-methyl/N-ethyl adjacent to an activating group) is 1. The zero-order valence-electron chi connectivity index (χ0n) is 7.02. The lowest BCUT2D eigenvalue weighted by atomic mass is 10.0. The molecule has 0 aliphatic carbocycles. The highest BCUT2D eigenvalue weighted by Gasteiger charge is 2.14. The molecule has 0 aromatic heterocycles. The third-order valence-electron chi connectivity index (χ3n) is 1.70. The Labute approximate surface area is 62.9 Å². The summed E-state index contributed by atoms with van der Waals surface area (Å²) in [5, 5.41) is 12.4. The summed E-state index contributed by atoms with van der Waals surface area (Å²) < 4.78 is 0. The molecule has 0 aromatic carbocycles.